The Morgan fingerprint density at radius 1 is 0.927 bits per heavy atom. The molecule has 2 aromatic carbocycles. The minimum Gasteiger partial charge on any atom is -0.375 e. The molecule has 8 heteroatoms. The van der Waals surface area contributed by atoms with E-state index in [-0.39, 0.29) is 17.9 Å². The van der Waals surface area contributed by atoms with Crippen molar-refractivity contribution >= 4 is 40.8 Å². The van der Waals surface area contributed by atoms with Gasteiger partial charge in [0.15, 0.2) is 0 Å². The summed E-state index contributed by atoms with van der Waals surface area (Å²) in [6.07, 6.45) is 10.5. The van der Waals surface area contributed by atoms with Gasteiger partial charge in [-0.3, -0.25) is 14.5 Å². The van der Waals surface area contributed by atoms with Gasteiger partial charge in [0.25, 0.3) is 5.91 Å². The van der Waals surface area contributed by atoms with Crippen molar-refractivity contribution in [2.75, 3.05) is 24.7 Å². The van der Waals surface area contributed by atoms with Crippen LogP contribution in [0.25, 0.3) is 0 Å². The molecule has 2 aliphatic heterocycles. The highest BCUT2D eigenvalue weighted by Crippen LogP contribution is 2.28. The average molecular weight is 593 g/mol. The number of thioether (sulfide) groups is 1. The van der Waals surface area contributed by atoms with E-state index in [0.29, 0.717) is 29.2 Å². The first-order chi connectivity index (χ1) is 20.1. The van der Waals surface area contributed by atoms with E-state index in [0.717, 1.165) is 50.3 Å². The van der Waals surface area contributed by atoms with Gasteiger partial charge in [0.2, 0.25) is 5.91 Å². The Kier molecular flexibility index (Phi) is 11.1. The van der Waals surface area contributed by atoms with E-state index in [4.69, 9.17) is 12.2 Å². The van der Waals surface area contributed by atoms with Gasteiger partial charge < -0.3 is 15.5 Å². The van der Waals surface area contributed by atoms with Crippen LogP contribution in [0.2, 0.25) is 0 Å². The molecule has 2 N–H and O–H groups in total. The lowest BCUT2D eigenvalue weighted by Crippen LogP contribution is -2.55. The number of nitrogens with zero attached hydrogens (tertiary/aromatic N) is 2. The first kappa shape index (κ1) is 30.1. The molecule has 41 heavy (non-hydrogen) atoms. The van der Waals surface area contributed by atoms with Crippen molar-refractivity contribution in [3.8, 4) is 0 Å². The van der Waals surface area contributed by atoms with Crippen molar-refractivity contribution in [1.29, 1.82) is 0 Å². The van der Waals surface area contributed by atoms with Crippen LogP contribution >= 0.6 is 24.0 Å². The van der Waals surface area contributed by atoms with Crippen LogP contribution in [0.1, 0.15) is 73.7 Å². The highest BCUT2D eigenvalue weighted by molar-refractivity contribution is 7.99. The Hall–Kier alpha value is -2.42. The lowest BCUT2D eigenvalue weighted by molar-refractivity contribution is -0.124. The minimum atomic E-state index is -0.478. The quantitative estimate of drug-likeness (QED) is 0.349. The number of rotatable bonds is 10. The Labute approximate surface area is 255 Å². The summed E-state index contributed by atoms with van der Waals surface area (Å²) in [5.41, 5.74) is 1.97. The van der Waals surface area contributed by atoms with Gasteiger partial charge in [0.05, 0.1) is 16.9 Å². The fraction of sp³-hybridized carbons (Fsp3) is 0.545. The molecule has 3 fully saturated rings. The van der Waals surface area contributed by atoms with Crippen molar-refractivity contribution < 1.29 is 9.59 Å². The van der Waals surface area contributed by atoms with Crippen LogP contribution in [0.4, 0.5) is 0 Å². The number of benzene rings is 2. The molecule has 0 radical (unpaired) electrons. The summed E-state index contributed by atoms with van der Waals surface area (Å²) < 4.78 is 0. The molecule has 2 saturated heterocycles. The summed E-state index contributed by atoms with van der Waals surface area (Å²) in [7, 11) is 0. The SMILES string of the molecule is O=C(N[C@H](CCC1CCCCC1)C(=S)NC1CCN(Cc2ccccc2)CC1)[C@@H]1CSCN1C(=O)c1ccccc1. The second kappa shape index (κ2) is 15.2. The van der Waals surface area contributed by atoms with Crippen LogP contribution in [0.3, 0.4) is 0 Å². The van der Waals surface area contributed by atoms with Crippen LogP contribution in [0, 0.1) is 5.92 Å². The maximum absolute atomic E-state index is 13.7. The summed E-state index contributed by atoms with van der Waals surface area (Å²) >= 11 is 7.62. The van der Waals surface area contributed by atoms with E-state index in [1.54, 1.807) is 16.7 Å². The number of carbonyl (C=O) groups is 2. The molecule has 1 aliphatic carbocycles. The second-order valence-electron chi connectivity index (χ2n) is 11.8. The summed E-state index contributed by atoms with van der Waals surface area (Å²) in [4.78, 5) is 31.8. The first-order valence-corrected chi connectivity index (χ1v) is 16.9. The molecule has 220 valence electrons. The Balaban J connectivity index is 1.18. The topological polar surface area (TPSA) is 64.7 Å². The zero-order valence-electron chi connectivity index (χ0n) is 24.0. The predicted octanol–water partition coefficient (Wildman–Crippen LogP) is 5.63. The van der Waals surface area contributed by atoms with Gasteiger partial charge in [-0.15, -0.1) is 11.8 Å². The van der Waals surface area contributed by atoms with Gasteiger partial charge in [-0.2, -0.15) is 0 Å². The largest absolute Gasteiger partial charge is 0.375 e. The third-order valence-electron chi connectivity index (χ3n) is 8.87. The Morgan fingerprint density at radius 3 is 2.32 bits per heavy atom. The van der Waals surface area contributed by atoms with Gasteiger partial charge in [0.1, 0.15) is 6.04 Å². The molecule has 2 aromatic rings. The monoisotopic (exact) mass is 592 g/mol. The smallest absolute Gasteiger partial charge is 0.255 e. The zero-order valence-corrected chi connectivity index (χ0v) is 25.6. The van der Waals surface area contributed by atoms with Crippen molar-refractivity contribution in [2.45, 2.75) is 82.5 Å². The van der Waals surface area contributed by atoms with Crippen molar-refractivity contribution in [1.82, 2.24) is 20.4 Å². The molecule has 0 bridgehead atoms. The summed E-state index contributed by atoms with van der Waals surface area (Å²) in [6.45, 7) is 3.05. The number of thiocarbonyl (C=S) groups is 1. The zero-order chi connectivity index (χ0) is 28.4. The van der Waals surface area contributed by atoms with Crippen molar-refractivity contribution in [2.24, 2.45) is 5.92 Å². The number of carbonyl (C=O) groups excluding carboxylic acids is 2. The lowest BCUT2D eigenvalue weighted by atomic mass is 9.85. The molecule has 1 saturated carbocycles. The van der Waals surface area contributed by atoms with E-state index in [9.17, 15) is 9.59 Å². The number of amides is 2. The molecule has 6 nitrogen and oxygen atoms in total. The maximum atomic E-state index is 13.7. The highest BCUT2D eigenvalue weighted by Gasteiger charge is 2.36. The van der Waals surface area contributed by atoms with E-state index < -0.39 is 6.04 Å². The van der Waals surface area contributed by atoms with Gasteiger partial charge in [0, 0.05) is 37.0 Å². The lowest BCUT2D eigenvalue weighted by Gasteiger charge is -2.34. The third kappa shape index (κ3) is 8.55. The van der Waals surface area contributed by atoms with Crippen LogP contribution < -0.4 is 10.6 Å². The summed E-state index contributed by atoms with van der Waals surface area (Å²) in [5, 5.41) is 6.96. The van der Waals surface area contributed by atoms with Crippen LogP contribution in [-0.2, 0) is 11.3 Å². The van der Waals surface area contributed by atoms with Gasteiger partial charge in [-0.05, 0) is 49.3 Å². The molecule has 3 aliphatic rings. The molecule has 5 rings (SSSR count). The van der Waals surface area contributed by atoms with E-state index >= 15 is 0 Å². The standard InChI is InChI=1S/C33H44N4O2S2/c38-31(30-23-41-24-37(30)33(39)27-14-8-3-9-15-27)35-29(17-16-25-10-4-1-5-11-25)32(40)34-28-18-20-36(21-19-28)22-26-12-6-2-7-13-26/h2-3,6-9,12-15,25,28-30H,1,4-5,10-11,16-24H2,(H,34,40)(H,35,38)/t29-,30+/m1/s1. The van der Waals surface area contributed by atoms with E-state index in [1.807, 2.05) is 30.3 Å². The third-order valence-corrected chi connectivity index (χ3v) is 10.3. The maximum Gasteiger partial charge on any atom is 0.255 e. The normalized spacial score (nSPS) is 21.4. The number of piperidine rings is 1. The van der Waals surface area contributed by atoms with Crippen LogP contribution in [0.15, 0.2) is 60.7 Å². The van der Waals surface area contributed by atoms with Gasteiger partial charge >= 0.3 is 0 Å². The van der Waals surface area contributed by atoms with Crippen molar-refractivity contribution in [3.63, 3.8) is 0 Å². The molecule has 0 spiro atoms. The van der Waals surface area contributed by atoms with Crippen LogP contribution in [-0.4, -0.2) is 69.4 Å². The molecule has 2 atom stereocenters. The second-order valence-corrected chi connectivity index (χ2v) is 13.3. The molecule has 2 amide bonds. The van der Waals surface area contributed by atoms with E-state index in [2.05, 4.69) is 45.9 Å². The van der Waals surface area contributed by atoms with Gasteiger partial charge in [-0.1, -0.05) is 92.9 Å². The first-order valence-electron chi connectivity index (χ1n) is 15.4. The van der Waals surface area contributed by atoms with Crippen molar-refractivity contribution in [3.05, 3.63) is 71.8 Å². The van der Waals surface area contributed by atoms with Gasteiger partial charge in [-0.25, -0.2) is 0 Å². The minimum absolute atomic E-state index is 0.0857. The predicted molar refractivity (Wildman–Crippen MR) is 172 cm³/mol. The molecular formula is C33H44N4O2S2. The summed E-state index contributed by atoms with van der Waals surface area (Å²) in [6, 6.07) is 19.5. The molecular weight excluding hydrogens is 549 g/mol. The van der Waals surface area contributed by atoms with E-state index in [1.165, 1.54) is 37.7 Å². The molecule has 0 aromatic heterocycles. The fourth-order valence-electron chi connectivity index (χ4n) is 6.40. The number of nitrogens with one attached hydrogen (secondary N) is 2. The fourth-order valence-corrected chi connectivity index (χ4v) is 7.90. The average Bonchev–Trinajstić information content (AvgIpc) is 3.51. The Morgan fingerprint density at radius 2 is 1.61 bits per heavy atom. The molecule has 2 heterocycles. The highest BCUT2D eigenvalue weighted by atomic mass is 32.2. The number of hydrogen-bond donors (Lipinski definition) is 2. The molecule has 0 unspecified atom stereocenters. The Bertz CT molecular complexity index is 1130. The van der Waals surface area contributed by atoms with Crippen LogP contribution in [0.5, 0.6) is 0 Å². The summed E-state index contributed by atoms with van der Waals surface area (Å²) in [5.74, 6) is 1.68. The number of likely N-dealkylation sites (tertiary alicyclic amines) is 1. The number of hydrogen-bond acceptors (Lipinski definition) is 5.